The Morgan fingerprint density at radius 1 is 0.441 bits per heavy atom. The molecule has 34 heavy (non-hydrogen) atoms. The predicted molar refractivity (Wildman–Crippen MR) is 156 cm³/mol. The lowest BCUT2D eigenvalue weighted by atomic mass is 9.78. The van der Waals surface area contributed by atoms with E-state index in [2.05, 4.69) is 10.0 Å². The maximum Gasteiger partial charge on any atom is 0.124 e. The normalized spacial score (nSPS) is 8.00. The van der Waals surface area contributed by atoms with Crippen LogP contribution in [0.5, 0.6) is 0 Å². The predicted octanol–water partition coefficient (Wildman–Crippen LogP) is 11.4. The van der Waals surface area contributed by atoms with Gasteiger partial charge in [-0.15, -0.1) is 0 Å². The van der Waals surface area contributed by atoms with Crippen LogP contribution in [0.25, 0.3) is 10.4 Å². The van der Waals surface area contributed by atoms with Gasteiger partial charge in [-0.1, -0.05) is 179 Å². The summed E-state index contributed by atoms with van der Waals surface area (Å²) in [5, 5.41) is 4.25. The van der Waals surface area contributed by atoms with Crippen molar-refractivity contribution in [1.29, 1.82) is 0 Å². The molecule has 3 aromatic rings. The molecule has 0 saturated carbocycles. The van der Waals surface area contributed by atoms with E-state index in [4.69, 9.17) is 0 Å². The molecule has 0 radical (unpaired) electrons. The maximum absolute atomic E-state index is 9.24. The SMILES string of the molecule is CC.CC.CC.CC.CC.CC.[N-]=[N+]=NC(c1ccccc1)(c1ccccc1)c1ccccc1. The van der Waals surface area contributed by atoms with Crippen molar-refractivity contribution in [3.05, 3.63) is 118 Å². The molecule has 0 spiro atoms. The molecule has 0 heterocycles. The monoisotopic (exact) mass is 465 g/mol. The molecule has 0 unspecified atom stereocenters. The van der Waals surface area contributed by atoms with Gasteiger partial charge in [-0.2, -0.15) is 0 Å². The fraction of sp³-hybridized carbons (Fsp3) is 0.419. The van der Waals surface area contributed by atoms with E-state index in [0.717, 1.165) is 16.7 Å². The first-order valence-electron chi connectivity index (χ1n) is 13.1. The van der Waals surface area contributed by atoms with Gasteiger partial charge < -0.3 is 0 Å². The van der Waals surface area contributed by atoms with Crippen LogP contribution in [-0.4, -0.2) is 0 Å². The van der Waals surface area contributed by atoms with Crippen molar-refractivity contribution >= 4 is 0 Å². The average Bonchev–Trinajstić information content (AvgIpc) is 2.99. The van der Waals surface area contributed by atoms with Crippen molar-refractivity contribution in [3.63, 3.8) is 0 Å². The van der Waals surface area contributed by atoms with Gasteiger partial charge in [0.1, 0.15) is 5.54 Å². The lowest BCUT2D eigenvalue weighted by molar-refractivity contribution is 0.647. The Hall–Kier alpha value is -3.03. The topological polar surface area (TPSA) is 48.8 Å². The summed E-state index contributed by atoms with van der Waals surface area (Å²) in [6, 6.07) is 29.6. The van der Waals surface area contributed by atoms with Crippen LogP contribution in [0, 0.1) is 0 Å². The molecule has 0 fully saturated rings. The lowest BCUT2D eigenvalue weighted by Gasteiger charge is -2.30. The van der Waals surface area contributed by atoms with Crippen molar-refractivity contribution in [1.82, 2.24) is 0 Å². The van der Waals surface area contributed by atoms with Gasteiger partial charge in [0.05, 0.1) is 0 Å². The highest BCUT2D eigenvalue weighted by molar-refractivity contribution is 5.49. The quantitative estimate of drug-likeness (QED) is 0.159. The lowest BCUT2D eigenvalue weighted by Crippen LogP contribution is -2.26. The Morgan fingerprint density at radius 2 is 0.647 bits per heavy atom. The molecule has 0 bridgehead atoms. The number of rotatable bonds is 4. The largest absolute Gasteiger partial charge is 0.124 e. The van der Waals surface area contributed by atoms with Gasteiger partial charge in [0.2, 0.25) is 0 Å². The second-order valence-electron chi connectivity index (χ2n) is 5.00. The zero-order valence-electron chi connectivity index (χ0n) is 24.0. The molecule has 3 aromatic carbocycles. The van der Waals surface area contributed by atoms with Crippen LogP contribution in [0.4, 0.5) is 0 Å². The molecular weight excluding hydrogens is 414 g/mol. The summed E-state index contributed by atoms with van der Waals surface area (Å²) in [6.45, 7) is 24.0. The third kappa shape index (κ3) is 12.3. The molecule has 0 saturated heterocycles. The number of nitrogens with zero attached hydrogens (tertiary/aromatic N) is 3. The van der Waals surface area contributed by atoms with Gasteiger partial charge >= 0.3 is 0 Å². The number of hydrogen-bond acceptors (Lipinski definition) is 1. The summed E-state index contributed by atoms with van der Waals surface area (Å²) in [6.07, 6.45) is 0. The van der Waals surface area contributed by atoms with Crippen molar-refractivity contribution in [3.8, 4) is 0 Å². The molecule has 0 aliphatic rings. The smallest absolute Gasteiger partial charge is 0.0730 e. The summed E-state index contributed by atoms with van der Waals surface area (Å²) in [5.74, 6) is 0. The number of benzene rings is 3. The molecule has 0 aliphatic carbocycles. The summed E-state index contributed by atoms with van der Waals surface area (Å²) in [4.78, 5) is 3.16. The third-order valence-electron chi connectivity index (χ3n) is 3.77. The minimum atomic E-state index is -0.863. The highest BCUT2D eigenvalue weighted by Gasteiger charge is 2.35. The Bertz CT molecular complexity index is 682. The molecular formula is C31H51N3. The summed E-state index contributed by atoms with van der Waals surface area (Å²) in [5.41, 5.74) is 11.2. The van der Waals surface area contributed by atoms with Crippen LogP contribution in [0.1, 0.15) is 99.8 Å². The van der Waals surface area contributed by atoms with E-state index >= 15 is 0 Å². The number of hydrogen-bond donors (Lipinski definition) is 0. The third-order valence-corrected chi connectivity index (χ3v) is 3.77. The second kappa shape index (κ2) is 30.0. The summed E-state index contributed by atoms with van der Waals surface area (Å²) < 4.78 is 0. The maximum atomic E-state index is 9.24. The van der Waals surface area contributed by atoms with Crippen molar-refractivity contribution in [2.24, 2.45) is 5.11 Å². The first kappa shape index (κ1) is 38.2. The van der Waals surface area contributed by atoms with Crippen LogP contribution < -0.4 is 0 Å². The fourth-order valence-electron chi connectivity index (χ4n) is 2.78. The Balaban J connectivity index is -0.000000328. The van der Waals surface area contributed by atoms with Crippen molar-refractivity contribution in [2.45, 2.75) is 88.6 Å². The standard InChI is InChI=1S/C19H15N3.6C2H6/c20-22-21-19(16-10-4-1-5-11-16,17-12-6-2-7-13-17)18-14-8-3-9-15-18;6*1-2/h1-15H;6*1-2H3. The molecule has 0 N–H and O–H groups in total. The van der Waals surface area contributed by atoms with E-state index in [0.29, 0.717) is 0 Å². The second-order valence-corrected chi connectivity index (χ2v) is 5.00. The van der Waals surface area contributed by atoms with Crippen LogP contribution in [0.15, 0.2) is 96.1 Å². The fourth-order valence-corrected chi connectivity index (χ4v) is 2.78. The van der Waals surface area contributed by atoms with Crippen LogP contribution >= 0.6 is 0 Å². The first-order chi connectivity index (χ1) is 16.9. The zero-order valence-corrected chi connectivity index (χ0v) is 24.0. The summed E-state index contributed by atoms with van der Waals surface area (Å²) in [7, 11) is 0. The van der Waals surface area contributed by atoms with E-state index in [1.165, 1.54) is 0 Å². The van der Waals surface area contributed by atoms with Gasteiger partial charge in [0.25, 0.3) is 0 Å². The van der Waals surface area contributed by atoms with Crippen LogP contribution in [-0.2, 0) is 5.54 Å². The zero-order chi connectivity index (χ0) is 27.3. The first-order valence-corrected chi connectivity index (χ1v) is 13.1. The molecule has 3 nitrogen and oxygen atoms in total. The van der Waals surface area contributed by atoms with Gasteiger partial charge in [-0.25, -0.2) is 0 Å². The molecule has 0 aromatic heterocycles. The molecule has 0 amide bonds. The van der Waals surface area contributed by atoms with E-state index in [1.54, 1.807) is 0 Å². The van der Waals surface area contributed by atoms with E-state index in [9.17, 15) is 5.53 Å². The van der Waals surface area contributed by atoms with Crippen molar-refractivity contribution < 1.29 is 0 Å². The number of azide groups is 1. The Kier molecular flexibility index (Phi) is 33.7. The van der Waals surface area contributed by atoms with Crippen LogP contribution in [0.2, 0.25) is 0 Å². The van der Waals surface area contributed by atoms with Gasteiger partial charge in [0, 0.05) is 4.91 Å². The van der Waals surface area contributed by atoms with Gasteiger partial charge in [-0.3, -0.25) is 0 Å². The Labute approximate surface area is 211 Å². The van der Waals surface area contributed by atoms with Gasteiger partial charge in [-0.05, 0) is 22.2 Å². The van der Waals surface area contributed by atoms with E-state index < -0.39 is 5.54 Å². The Morgan fingerprint density at radius 3 is 0.824 bits per heavy atom. The molecule has 190 valence electrons. The van der Waals surface area contributed by atoms with E-state index in [1.807, 2.05) is 174 Å². The van der Waals surface area contributed by atoms with E-state index in [-0.39, 0.29) is 0 Å². The minimum Gasteiger partial charge on any atom is -0.0730 e. The molecule has 3 heteroatoms. The molecule has 0 atom stereocenters. The average molecular weight is 466 g/mol. The van der Waals surface area contributed by atoms with Gasteiger partial charge in [0.15, 0.2) is 0 Å². The molecule has 3 rings (SSSR count). The van der Waals surface area contributed by atoms with Crippen LogP contribution in [0.3, 0.4) is 0 Å². The van der Waals surface area contributed by atoms with Crippen molar-refractivity contribution in [2.75, 3.05) is 0 Å². The molecule has 0 aliphatic heterocycles. The highest BCUT2D eigenvalue weighted by Crippen LogP contribution is 2.40. The summed E-state index contributed by atoms with van der Waals surface area (Å²) >= 11 is 0. The highest BCUT2D eigenvalue weighted by atomic mass is 15.2. The minimum absolute atomic E-state index is 0.863.